The molecule has 0 amide bonds. The van der Waals surface area contributed by atoms with Gasteiger partial charge in [-0.15, -0.1) is 0 Å². The molecule has 3 rings (SSSR count). The van der Waals surface area contributed by atoms with Gasteiger partial charge in [0.1, 0.15) is 12.4 Å². The fourth-order valence-corrected chi connectivity index (χ4v) is 2.47. The Morgan fingerprint density at radius 2 is 1.96 bits per heavy atom. The summed E-state index contributed by atoms with van der Waals surface area (Å²) in [6, 6.07) is 7.30. The van der Waals surface area contributed by atoms with Crippen molar-refractivity contribution in [2.75, 3.05) is 36.4 Å². The van der Waals surface area contributed by atoms with Gasteiger partial charge in [0.15, 0.2) is 5.82 Å². The monoisotopic (exact) mass is 384 g/mol. The highest BCUT2D eigenvalue weighted by molar-refractivity contribution is 5.70. The second-order valence-electron chi connectivity index (χ2n) is 6.05. The Balaban J connectivity index is 1.69. The zero-order chi connectivity index (χ0) is 19.9. The van der Waals surface area contributed by atoms with E-state index in [2.05, 4.69) is 20.4 Å². The molecule has 0 radical (unpaired) electrons. The summed E-state index contributed by atoms with van der Waals surface area (Å²) in [5, 5.41) is 8.68. The Kier molecular flexibility index (Phi) is 6.25. The molecule has 2 aromatic heterocycles. The van der Waals surface area contributed by atoms with Crippen LogP contribution in [0.1, 0.15) is 5.56 Å². The highest BCUT2D eigenvalue weighted by atomic mass is 16.5. The number of rotatable bonds is 9. The predicted octanol–water partition coefficient (Wildman–Crippen LogP) is 1.44. The molecular formula is C18H24N8O2. The second kappa shape index (κ2) is 9.02. The fourth-order valence-electron chi connectivity index (χ4n) is 2.47. The molecule has 0 fully saturated rings. The Hall–Kier alpha value is -3.37. The maximum absolute atomic E-state index is 6.23. The first-order valence-electron chi connectivity index (χ1n) is 8.67. The van der Waals surface area contributed by atoms with Gasteiger partial charge in [0.2, 0.25) is 5.95 Å². The van der Waals surface area contributed by atoms with Crippen LogP contribution in [0.5, 0.6) is 5.75 Å². The maximum atomic E-state index is 6.23. The normalized spacial score (nSPS) is 10.7. The third-order valence-electron chi connectivity index (χ3n) is 3.90. The molecule has 0 saturated carbocycles. The van der Waals surface area contributed by atoms with Gasteiger partial charge in [-0.3, -0.25) is 9.69 Å². The van der Waals surface area contributed by atoms with E-state index < -0.39 is 0 Å². The van der Waals surface area contributed by atoms with E-state index in [1.165, 1.54) is 11.2 Å². The Morgan fingerprint density at radius 1 is 1.18 bits per heavy atom. The number of benzene rings is 1. The Bertz CT molecular complexity index is 897. The molecule has 0 spiro atoms. The van der Waals surface area contributed by atoms with Gasteiger partial charge < -0.3 is 20.5 Å². The minimum Gasteiger partial charge on any atom is -0.491 e. The van der Waals surface area contributed by atoms with E-state index >= 15 is 0 Å². The second-order valence-corrected chi connectivity index (χ2v) is 6.05. The molecule has 0 aliphatic heterocycles. The number of anilines is 4. The van der Waals surface area contributed by atoms with E-state index in [-0.39, 0.29) is 0 Å². The summed E-state index contributed by atoms with van der Waals surface area (Å²) in [6.07, 6.45) is 5.21. The average molecular weight is 384 g/mol. The van der Waals surface area contributed by atoms with Gasteiger partial charge >= 0.3 is 0 Å². The van der Waals surface area contributed by atoms with E-state index in [1.54, 1.807) is 18.0 Å². The third kappa shape index (κ3) is 4.87. The molecule has 0 saturated heterocycles. The SMILES string of the molecule is COCCOc1ccc(N(N)c2nc(NCc3cnn(C)c3)ncc2N)cc1. The first-order chi connectivity index (χ1) is 13.6. The zero-order valence-corrected chi connectivity index (χ0v) is 15.9. The minimum absolute atomic E-state index is 0.370. The summed E-state index contributed by atoms with van der Waals surface area (Å²) >= 11 is 0. The van der Waals surface area contributed by atoms with Crippen LogP contribution in [0.15, 0.2) is 42.9 Å². The number of methoxy groups -OCH3 is 1. The summed E-state index contributed by atoms with van der Waals surface area (Å²) < 4.78 is 12.3. The molecule has 148 valence electrons. The molecule has 5 N–H and O–H groups in total. The number of nitrogen functional groups attached to an aromatic ring is 1. The van der Waals surface area contributed by atoms with Gasteiger partial charge in [-0.25, -0.2) is 10.8 Å². The number of nitrogens with two attached hydrogens (primary N) is 2. The van der Waals surface area contributed by atoms with Crippen LogP contribution in [0.3, 0.4) is 0 Å². The molecule has 1 aromatic carbocycles. The van der Waals surface area contributed by atoms with Crippen molar-refractivity contribution in [1.29, 1.82) is 0 Å². The molecule has 0 bridgehead atoms. The van der Waals surface area contributed by atoms with E-state index in [4.69, 9.17) is 21.1 Å². The molecule has 2 heterocycles. The van der Waals surface area contributed by atoms with Crippen LogP contribution in [0.2, 0.25) is 0 Å². The minimum atomic E-state index is 0.370. The van der Waals surface area contributed by atoms with E-state index in [9.17, 15) is 0 Å². The van der Waals surface area contributed by atoms with Crippen LogP contribution in [-0.4, -0.2) is 40.1 Å². The first kappa shape index (κ1) is 19.4. The van der Waals surface area contributed by atoms with Crippen LogP contribution >= 0.6 is 0 Å². The van der Waals surface area contributed by atoms with Gasteiger partial charge in [0, 0.05) is 32.5 Å². The van der Waals surface area contributed by atoms with E-state index in [1.807, 2.05) is 37.5 Å². The highest BCUT2D eigenvalue weighted by Gasteiger charge is 2.13. The molecule has 0 atom stereocenters. The van der Waals surface area contributed by atoms with Crippen molar-refractivity contribution < 1.29 is 9.47 Å². The number of ether oxygens (including phenoxy) is 2. The van der Waals surface area contributed by atoms with E-state index in [0.717, 1.165) is 11.3 Å². The van der Waals surface area contributed by atoms with Crippen molar-refractivity contribution >= 4 is 23.1 Å². The number of aromatic nitrogens is 4. The van der Waals surface area contributed by atoms with Gasteiger partial charge in [-0.05, 0) is 24.3 Å². The van der Waals surface area contributed by atoms with Crippen LogP contribution in [-0.2, 0) is 18.3 Å². The van der Waals surface area contributed by atoms with Gasteiger partial charge in [-0.1, -0.05) is 0 Å². The third-order valence-corrected chi connectivity index (χ3v) is 3.90. The number of nitrogens with one attached hydrogen (secondary N) is 1. The quantitative estimate of drug-likeness (QED) is 0.285. The van der Waals surface area contributed by atoms with Crippen molar-refractivity contribution in [2.45, 2.75) is 6.54 Å². The number of hydrogen-bond acceptors (Lipinski definition) is 9. The predicted molar refractivity (Wildman–Crippen MR) is 107 cm³/mol. The number of hydrogen-bond donors (Lipinski definition) is 3. The number of hydrazine groups is 1. The zero-order valence-electron chi connectivity index (χ0n) is 15.9. The Labute approximate surface area is 163 Å². The van der Waals surface area contributed by atoms with Crippen molar-refractivity contribution in [3.05, 3.63) is 48.4 Å². The maximum Gasteiger partial charge on any atom is 0.225 e. The van der Waals surface area contributed by atoms with Crippen LogP contribution in [0.25, 0.3) is 0 Å². The number of aryl methyl sites for hydroxylation is 1. The van der Waals surface area contributed by atoms with Crippen LogP contribution in [0, 0.1) is 0 Å². The average Bonchev–Trinajstić information content (AvgIpc) is 3.13. The summed E-state index contributed by atoms with van der Waals surface area (Å²) in [5.74, 6) is 7.77. The molecule has 10 nitrogen and oxygen atoms in total. The van der Waals surface area contributed by atoms with Crippen molar-refractivity contribution in [3.63, 3.8) is 0 Å². The molecule has 0 aliphatic rings. The van der Waals surface area contributed by atoms with Crippen LogP contribution < -0.4 is 26.6 Å². The lowest BCUT2D eigenvalue weighted by Gasteiger charge is -2.20. The molecule has 10 heteroatoms. The summed E-state index contributed by atoms with van der Waals surface area (Å²) in [6.45, 7) is 1.54. The highest BCUT2D eigenvalue weighted by Crippen LogP contribution is 2.27. The van der Waals surface area contributed by atoms with Gasteiger partial charge in [0.05, 0.1) is 30.4 Å². The van der Waals surface area contributed by atoms with Gasteiger partial charge in [0.25, 0.3) is 0 Å². The lowest BCUT2D eigenvalue weighted by atomic mass is 10.3. The van der Waals surface area contributed by atoms with Crippen molar-refractivity contribution in [2.24, 2.45) is 12.9 Å². The first-order valence-corrected chi connectivity index (χ1v) is 8.67. The lowest BCUT2D eigenvalue weighted by molar-refractivity contribution is 0.146. The molecule has 0 aliphatic carbocycles. The molecule has 28 heavy (non-hydrogen) atoms. The largest absolute Gasteiger partial charge is 0.491 e. The molecular weight excluding hydrogens is 360 g/mol. The smallest absolute Gasteiger partial charge is 0.225 e. The molecule has 3 aromatic rings. The van der Waals surface area contributed by atoms with Crippen molar-refractivity contribution in [1.82, 2.24) is 19.7 Å². The topological polar surface area (TPSA) is 129 Å². The fraction of sp³-hybridized carbons (Fsp3) is 0.278. The van der Waals surface area contributed by atoms with Crippen molar-refractivity contribution in [3.8, 4) is 5.75 Å². The summed E-state index contributed by atoms with van der Waals surface area (Å²) in [4.78, 5) is 8.64. The van der Waals surface area contributed by atoms with E-state index in [0.29, 0.717) is 42.9 Å². The molecule has 0 unspecified atom stereocenters. The summed E-state index contributed by atoms with van der Waals surface area (Å²) in [5.41, 5.74) is 8.12. The van der Waals surface area contributed by atoms with Crippen LogP contribution in [0.4, 0.5) is 23.1 Å². The Morgan fingerprint density at radius 3 is 2.64 bits per heavy atom. The standard InChI is InChI=1S/C18H24N8O2/c1-25-12-13(10-23-25)9-21-18-22-11-16(19)17(24-18)26(20)14-3-5-15(6-4-14)28-8-7-27-2/h3-6,10-12H,7-9,19-20H2,1-2H3,(H,21,22,24). The summed E-state index contributed by atoms with van der Waals surface area (Å²) in [7, 11) is 3.49. The lowest BCUT2D eigenvalue weighted by Crippen LogP contribution is -2.27. The number of nitrogens with zero attached hydrogens (tertiary/aromatic N) is 5. The van der Waals surface area contributed by atoms with Gasteiger partial charge in [-0.2, -0.15) is 10.1 Å².